The van der Waals surface area contributed by atoms with Crippen molar-refractivity contribution in [1.82, 2.24) is 0 Å². The fraction of sp³-hybridized carbons (Fsp3) is 0.235. The van der Waals surface area contributed by atoms with Crippen LogP contribution in [-0.4, -0.2) is 20.8 Å². The number of rotatable bonds is 6. The molecule has 1 nitrogen and oxygen atoms in total. The zero-order valence-electron chi connectivity index (χ0n) is 23.1. The standard InChI is InChI=1S/C34H38BN/c1-23-19-25(3)33(26(4)20-23)35(34-27(5)21-24(2)22-28(34)6)31-15-11-9-13-29(31)17-18-30-14-10-12-16-32(30)36(7)8/h9-22H,1-8H3/b18-17-. The second kappa shape index (κ2) is 10.6. The molecule has 0 heterocycles. The van der Waals surface area contributed by atoms with E-state index in [1.54, 1.807) is 0 Å². The number of benzene rings is 4. The molecule has 4 aromatic carbocycles. The molecule has 0 unspecified atom stereocenters. The van der Waals surface area contributed by atoms with Gasteiger partial charge in [-0.3, -0.25) is 0 Å². The first-order chi connectivity index (χ1) is 17.2. The molecule has 4 aromatic rings. The number of nitrogens with zero attached hydrogens (tertiary/aromatic N) is 1. The van der Waals surface area contributed by atoms with Crippen LogP contribution in [0.4, 0.5) is 5.69 Å². The monoisotopic (exact) mass is 471 g/mol. The lowest BCUT2D eigenvalue weighted by atomic mass is 9.33. The van der Waals surface area contributed by atoms with E-state index in [1.807, 2.05) is 0 Å². The summed E-state index contributed by atoms with van der Waals surface area (Å²) in [7, 11) is 4.20. The number of anilines is 1. The van der Waals surface area contributed by atoms with Crippen molar-refractivity contribution in [2.24, 2.45) is 0 Å². The second-order valence-corrected chi connectivity index (χ2v) is 10.5. The Morgan fingerprint density at radius 2 is 0.972 bits per heavy atom. The summed E-state index contributed by atoms with van der Waals surface area (Å²) in [4.78, 5) is 2.17. The molecule has 182 valence electrons. The van der Waals surface area contributed by atoms with Crippen LogP contribution in [0.3, 0.4) is 0 Å². The zero-order chi connectivity index (χ0) is 26.0. The Morgan fingerprint density at radius 1 is 0.556 bits per heavy atom. The molecule has 0 aliphatic rings. The van der Waals surface area contributed by atoms with Crippen LogP contribution in [0.15, 0.2) is 72.8 Å². The van der Waals surface area contributed by atoms with E-state index >= 15 is 0 Å². The highest BCUT2D eigenvalue weighted by atomic mass is 15.1. The van der Waals surface area contributed by atoms with Crippen molar-refractivity contribution in [2.75, 3.05) is 19.0 Å². The zero-order valence-corrected chi connectivity index (χ0v) is 23.1. The average Bonchev–Trinajstić information content (AvgIpc) is 2.81. The van der Waals surface area contributed by atoms with Gasteiger partial charge >= 0.3 is 0 Å². The van der Waals surface area contributed by atoms with Gasteiger partial charge in [0, 0.05) is 19.8 Å². The molecule has 0 spiro atoms. The molecule has 0 aromatic heterocycles. The molecule has 0 saturated carbocycles. The first kappa shape index (κ1) is 25.6. The van der Waals surface area contributed by atoms with Crippen molar-refractivity contribution in [3.8, 4) is 0 Å². The van der Waals surface area contributed by atoms with Crippen LogP contribution in [0.1, 0.15) is 44.5 Å². The van der Waals surface area contributed by atoms with Gasteiger partial charge in [0.05, 0.1) is 0 Å². The van der Waals surface area contributed by atoms with E-state index in [2.05, 4.69) is 145 Å². The first-order valence-corrected chi connectivity index (χ1v) is 12.9. The summed E-state index contributed by atoms with van der Waals surface area (Å²) in [6.07, 6.45) is 4.55. The maximum Gasteiger partial charge on any atom is 0.243 e. The van der Waals surface area contributed by atoms with Crippen molar-refractivity contribution in [3.05, 3.63) is 117 Å². The molecule has 0 amide bonds. The Morgan fingerprint density at radius 3 is 1.47 bits per heavy atom. The van der Waals surface area contributed by atoms with Gasteiger partial charge in [0.2, 0.25) is 6.71 Å². The predicted octanol–water partition coefficient (Wildman–Crippen LogP) is 6.29. The molecule has 0 atom stereocenters. The maximum absolute atomic E-state index is 2.33. The summed E-state index contributed by atoms with van der Waals surface area (Å²) in [5.74, 6) is 0. The molecule has 2 heteroatoms. The summed E-state index contributed by atoms with van der Waals surface area (Å²) in [6, 6.07) is 26.8. The highest BCUT2D eigenvalue weighted by Crippen LogP contribution is 2.21. The number of para-hydroxylation sites is 1. The third-order valence-corrected chi connectivity index (χ3v) is 7.22. The van der Waals surface area contributed by atoms with Gasteiger partial charge in [-0.15, -0.1) is 0 Å². The van der Waals surface area contributed by atoms with E-state index in [9.17, 15) is 0 Å². The van der Waals surface area contributed by atoms with E-state index in [4.69, 9.17) is 0 Å². The summed E-state index contributed by atoms with van der Waals surface area (Å²) < 4.78 is 0. The molecular weight excluding hydrogens is 433 g/mol. The van der Waals surface area contributed by atoms with E-state index in [0.717, 1.165) is 0 Å². The van der Waals surface area contributed by atoms with Crippen LogP contribution in [0.2, 0.25) is 0 Å². The molecule has 36 heavy (non-hydrogen) atoms. The summed E-state index contributed by atoms with van der Waals surface area (Å²) in [6.45, 7) is 13.6. The molecule has 4 rings (SSSR count). The minimum atomic E-state index is 0.163. The average molecular weight is 471 g/mol. The Bertz CT molecular complexity index is 1320. The van der Waals surface area contributed by atoms with Gasteiger partial charge in [-0.25, -0.2) is 0 Å². The normalized spacial score (nSPS) is 11.2. The Kier molecular flexibility index (Phi) is 7.55. The van der Waals surface area contributed by atoms with E-state index < -0.39 is 0 Å². The second-order valence-electron chi connectivity index (χ2n) is 10.5. The number of hydrogen-bond acceptors (Lipinski definition) is 1. The fourth-order valence-corrected chi connectivity index (χ4v) is 5.89. The Labute approximate surface area is 218 Å². The van der Waals surface area contributed by atoms with Gasteiger partial charge in [0.1, 0.15) is 0 Å². The van der Waals surface area contributed by atoms with Gasteiger partial charge in [-0.1, -0.05) is 129 Å². The lowest BCUT2D eigenvalue weighted by Gasteiger charge is -2.26. The highest BCUT2D eigenvalue weighted by molar-refractivity contribution is 6.97. The lowest BCUT2D eigenvalue weighted by molar-refractivity contribution is 1.13. The van der Waals surface area contributed by atoms with E-state index in [0.29, 0.717) is 0 Å². The van der Waals surface area contributed by atoms with Crippen molar-refractivity contribution in [1.29, 1.82) is 0 Å². The van der Waals surface area contributed by atoms with Crippen LogP contribution in [0.5, 0.6) is 0 Å². The third-order valence-electron chi connectivity index (χ3n) is 7.22. The smallest absolute Gasteiger partial charge is 0.243 e. The molecule has 0 aliphatic heterocycles. The predicted molar refractivity (Wildman–Crippen MR) is 162 cm³/mol. The van der Waals surface area contributed by atoms with Gasteiger partial charge in [-0.2, -0.15) is 0 Å². The topological polar surface area (TPSA) is 3.24 Å². The fourth-order valence-electron chi connectivity index (χ4n) is 5.89. The SMILES string of the molecule is Cc1cc(C)c(B(c2ccccc2/C=C\c2ccccc2N(C)C)c2c(C)cc(C)cc2C)c(C)c1. The van der Waals surface area contributed by atoms with Crippen molar-refractivity contribution < 1.29 is 0 Å². The van der Waals surface area contributed by atoms with Crippen LogP contribution in [0.25, 0.3) is 12.2 Å². The molecule has 0 saturated heterocycles. The molecular formula is C34H38BN. The molecule has 0 bridgehead atoms. The minimum Gasteiger partial charge on any atom is -0.377 e. The van der Waals surface area contributed by atoms with Gasteiger partial charge in [-0.05, 0) is 58.7 Å². The maximum atomic E-state index is 2.33. The van der Waals surface area contributed by atoms with E-state index in [1.165, 1.54) is 66.6 Å². The molecule has 0 aliphatic carbocycles. The molecule has 0 fully saturated rings. The van der Waals surface area contributed by atoms with Crippen LogP contribution in [-0.2, 0) is 0 Å². The number of aryl methyl sites for hydroxylation is 6. The lowest BCUT2D eigenvalue weighted by Crippen LogP contribution is -2.56. The van der Waals surface area contributed by atoms with Crippen LogP contribution >= 0.6 is 0 Å². The quantitative estimate of drug-likeness (QED) is 0.236. The van der Waals surface area contributed by atoms with Gasteiger partial charge in [0.25, 0.3) is 0 Å². The van der Waals surface area contributed by atoms with Crippen molar-refractivity contribution in [3.63, 3.8) is 0 Å². The minimum absolute atomic E-state index is 0.163. The molecule has 0 radical (unpaired) electrons. The van der Waals surface area contributed by atoms with Gasteiger partial charge < -0.3 is 4.90 Å². The Hall–Kier alpha value is -3.52. The van der Waals surface area contributed by atoms with Crippen LogP contribution in [0, 0.1) is 41.5 Å². The Balaban J connectivity index is 1.97. The number of hydrogen-bond donors (Lipinski definition) is 0. The van der Waals surface area contributed by atoms with E-state index in [-0.39, 0.29) is 6.71 Å². The van der Waals surface area contributed by atoms with Gasteiger partial charge in [0.15, 0.2) is 0 Å². The summed E-state index contributed by atoms with van der Waals surface area (Å²) in [5, 5.41) is 0. The summed E-state index contributed by atoms with van der Waals surface area (Å²) >= 11 is 0. The largest absolute Gasteiger partial charge is 0.377 e. The van der Waals surface area contributed by atoms with Crippen LogP contribution < -0.4 is 21.3 Å². The third kappa shape index (κ3) is 5.19. The summed E-state index contributed by atoms with van der Waals surface area (Å²) in [5.41, 5.74) is 15.9. The van der Waals surface area contributed by atoms with Crippen molar-refractivity contribution in [2.45, 2.75) is 41.5 Å². The molecule has 0 N–H and O–H groups in total. The first-order valence-electron chi connectivity index (χ1n) is 12.9. The highest BCUT2D eigenvalue weighted by Gasteiger charge is 2.29. The van der Waals surface area contributed by atoms with Crippen molar-refractivity contribution >= 4 is 40.9 Å².